The van der Waals surface area contributed by atoms with Crippen molar-refractivity contribution in [3.05, 3.63) is 59.5 Å². The molecule has 1 aromatic heterocycles. The van der Waals surface area contributed by atoms with Gasteiger partial charge in [-0.05, 0) is 31.2 Å². The summed E-state index contributed by atoms with van der Waals surface area (Å²) < 4.78 is 19.3. The SMILES string of the molecule is COc1ccccc1NC(=O)c1c(C)[nH]c2cccc(F)c12. The maximum Gasteiger partial charge on any atom is 0.258 e. The zero-order chi connectivity index (χ0) is 15.7. The molecule has 0 saturated heterocycles. The van der Waals surface area contributed by atoms with Gasteiger partial charge in [0.25, 0.3) is 5.91 Å². The molecule has 0 aliphatic rings. The zero-order valence-corrected chi connectivity index (χ0v) is 12.2. The summed E-state index contributed by atoms with van der Waals surface area (Å²) in [7, 11) is 1.53. The van der Waals surface area contributed by atoms with Gasteiger partial charge in [-0.2, -0.15) is 0 Å². The quantitative estimate of drug-likeness (QED) is 0.771. The molecule has 3 rings (SSSR count). The molecule has 1 amide bonds. The maximum absolute atomic E-state index is 14.1. The first-order valence-electron chi connectivity index (χ1n) is 6.83. The third-order valence-electron chi connectivity index (χ3n) is 3.54. The zero-order valence-electron chi connectivity index (χ0n) is 12.2. The number of benzene rings is 2. The lowest BCUT2D eigenvalue weighted by Gasteiger charge is -2.10. The Morgan fingerprint density at radius 3 is 2.73 bits per heavy atom. The number of aromatic amines is 1. The van der Waals surface area contributed by atoms with E-state index in [0.29, 0.717) is 33.6 Å². The van der Waals surface area contributed by atoms with Gasteiger partial charge in [-0.15, -0.1) is 0 Å². The molecule has 2 N–H and O–H groups in total. The van der Waals surface area contributed by atoms with Crippen molar-refractivity contribution >= 4 is 22.5 Å². The van der Waals surface area contributed by atoms with Crippen molar-refractivity contribution in [2.24, 2.45) is 0 Å². The summed E-state index contributed by atoms with van der Waals surface area (Å²) in [6.45, 7) is 1.75. The molecule has 1 heterocycles. The molecule has 112 valence electrons. The van der Waals surface area contributed by atoms with Crippen LogP contribution in [0.1, 0.15) is 16.1 Å². The average Bonchev–Trinajstić information content (AvgIpc) is 2.85. The number of para-hydroxylation sites is 2. The fourth-order valence-corrected chi connectivity index (χ4v) is 2.55. The van der Waals surface area contributed by atoms with Gasteiger partial charge < -0.3 is 15.0 Å². The van der Waals surface area contributed by atoms with Crippen molar-refractivity contribution in [3.8, 4) is 5.75 Å². The van der Waals surface area contributed by atoms with Gasteiger partial charge in [0, 0.05) is 16.6 Å². The van der Waals surface area contributed by atoms with Crippen LogP contribution in [0, 0.1) is 12.7 Å². The van der Waals surface area contributed by atoms with Crippen LogP contribution in [0.2, 0.25) is 0 Å². The van der Waals surface area contributed by atoms with E-state index in [0.717, 1.165) is 0 Å². The number of nitrogens with one attached hydrogen (secondary N) is 2. The first-order valence-corrected chi connectivity index (χ1v) is 6.83. The minimum absolute atomic E-state index is 0.299. The van der Waals surface area contributed by atoms with Gasteiger partial charge in [-0.1, -0.05) is 18.2 Å². The van der Waals surface area contributed by atoms with Crippen LogP contribution < -0.4 is 10.1 Å². The van der Waals surface area contributed by atoms with Crippen LogP contribution in [0.5, 0.6) is 5.75 Å². The second-order valence-corrected chi connectivity index (χ2v) is 4.94. The number of H-pyrrole nitrogens is 1. The van der Waals surface area contributed by atoms with Crippen LogP contribution in [0.25, 0.3) is 10.9 Å². The third-order valence-corrected chi connectivity index (χ3v) is 3.54. The van der Waals surface area contributed by atoms with Crippen molar-refractivity contribution in [2.75, 3.05) is 12.4 Å². The molecule has 0 bridgehead atoms. The number of halogens is 1. The number of carbonyl (C=O) groups is 1. The molecule has 0 saturated carbocycles. The van der Waals surface area contributed by atoms with Gasteiger partial charge >= 0.3 is 0 Å². The molecule has 0 atom stereocenters. The minimum Gasteiger partial charge on any atom is -0.495 e. The van der Waals surface area contributed by atoms with E-state index >= 15 is 0 Å². The molecule has 0 fully saturated rings. The Balaban J connectivity index is 2.04. The highest BCUT2D eigenvalue weighted by atomic mass is 19.1. The van der Waals surface area contributed by atoms with E-state index < -0.39 is 5.82 Å². The highest BCUT2D eigenvalue weighted by Gasteiger charge is 2.19. The van der Waals surface area contributed by atoms with Gasteiger partial charge in [0.05, 0.1) is 18.4 Å². The van der Waals surface area contributed by atoms with E-state index in [1.807, 2.05) is 6.07 Å². The fourth-order valence-electron chi connectivity index (χ4n) is 2.55. The molecule has 22 heavy (non-hydrogen) atoms. The van der Waals surface area contributed by atoms with Crippen molar-refractivity contribution in [3.63, 3.8) is 0 Å². The Labute approximate surface area is 126 Å². The minimum atomic E-state index is -0.424. The molecule has 5 heteroatoms. The third kappa shape index (κ3) is 2.30. The number of hydrogen-bond acceptors (Lipinski definition) is 2. The summed E-state index contributed by atoms with van der Waals surface area (Å²) in [6.07, 6.45) is 0. The molecular formula is C17H15FN2O2. The second kappa shape index (κ2) is 5.52. The van der Waals surface area contributed by atoms with Gasteiger partial charge in [0.1, 0.15) is 11.6 Å². The number of aryl methyl sites for hydroxylation is 1. The average molecular weight is 298 g/mol. The monoisotopic (exact) mass is 298 g/mol. The summed E-state index contributed by atoms with van der Waals surface area (Å²) in [5, 5.41) is 3.07. The predicted molar refractivity (Wildman–Crippen MR) is 83.9 cm³/mol. The highest BCUT2D eigenvalue weighted by molar-refractivity contribution is 6.14. The van der Waals surface area contributed by atoms with Gasteiger partial charge in [-0.3, -0.25) is 4.79 Å². The van der Waals surface area contributed by atoms with E-state index in [2.05, 4.69) is 10.3 Å². The molecule has 3 aromatic rings. The summed E-state index contributed by atoms with van der Waals surface area (Å²) in [6, 6.07) is 11.8. The lowest BCUT2D eigenvalue weighted by Crippen LogP contribution is -2.13. The fraction of sp³-hybridized carbons (Fsp3) is 0.118. The van der Waals surface area contributed by atoms with Gasteiger partial charge in [-0.25, -0.2) is 4.39 Å². The lowest BCUT2D eigenvalue weighted by molar-refractivity contribution is 0.102. The second-order valence-electron chi connectivity index (χ2n) is 4.94. The van der Waals surface area contributed by atoms with Crippen molar-refractivity contribution < 1.29 is 13.9 Å². The summed E-state index contributed by atoms with van der Waals surface area (Å²) in [4.78, 5) is 15.6. The maximum atomic E-state index is 14.1. The number of rotatable bonds is 3. The van der Waals surface area contributed by atoms with Crippen LogP contribution in [-0.4, -0.2) is 18.0 Å². The number of amides is 1. The molecule has 0 radical (unpaired) electrons. The molecule has 2 aromatic carbocycles. The number of fused-ring (bicyclic) bond motifs is 1. The Hall–Kier alpha value is -2.82. The van der Waals surface area contributed by atoms with Crippen LogP contribution in [0.3, 0.4) is 0 Å². The highest BCUT2D eigenvalue weighted by Crippen LogP contribution is 2.28. The van der Waals surface area contributed by atoms with E-state index in [1.54, 1.807) is 37.3 Å². The Bertz CT molecular complexity index is 855. The van der Waals surface area contributed by atoms with Crippen LogP contribution >= 0.6 is 0 Å². The van der Waals surface area contributed by atoms with E-state index in [9.17, 15) is 9.18 Å². The Morgan fingerprint density at radius 1 is 1.18 bits per heavy atom. The molecular weight excluding hydrogens is 283 g/mol. The van der Waals surface area contributed by atoms with Gasteiger partial charge in [0.2, 0.25) is 0 Å². The van der Waals surface area contributed by atoms with E-state index in [-0.39, 0.29) is 5.91 Å². The number of methoxy groups -OCH3 is 1. The van der Waals surface area contributed by atoms with Gasteiger partial charge in [0.15, 0.2) is 0 Å². The Morgan fingerprint density at radius 2 is 1.95 bits per heavy atom. The molecule has 0 unspecified atom stereocenters. The number of carbonyl (C=O) groups excluding carboxylic acids is 1. The number of ether oxygens (including phenoxy) is 1. The first-order chi connectivity index (χ1) is 10.6. The van der Waals surface area contributed by atoms with Crippen LogP contribution in [0.4, 0.5) is 10.1 Å². The first kappa shape index (κ1) is 14.1. The van der Waals surface area contributed by atoms with Crippen LogP contribution in [0.15, 0.2) is 42.5 Å². The summed E-state index contributed by atoms with van der Waals surface area (Å²) >= 11 is 0. The standard InChI is InChI=1S/C17H15FN2O2/c1-10-15(16-11(18)6-5-8-13(16)19-10)17(21)20-12-7-3-4-9-14(12)22-2/h3-9,19H,1-2H3,(H,20,21). The van der Waals surface area contributed by atoms with E-state index in [4.69, 9.17) is 4.74 Å². The number of anilines is 1. The molecule has 0 spiro atoms. The lowest BCUT2D eigenvalue weighted by atomic mass is 10.1. The topological polar surface area (TPSA) is 54.1 Å². The molecule has 0 aliphatic carbocycles. The summed E-state index contributed by atoms with van der Waals surface area (Å²) in [5.74, 6) is -0.251. The van der Waals surface area contributed by atoms with E-state index in [1.165, 1.54) is 13.2 Å². The van der Waals surface area contributed by atoms with Crippen molar-refractivity contribution in [2.45, 2.75) is 6.92 Å². The van der Waals surface area contributed by atoms with Crippen molar-refractivity contribution in [1.82, 2.24) is 4.98 Å². The molecule has 0 aliphatic heterocycles. The number of hydrogen-bond donors (Lipinski definition) is 2. The normalized spacial score (nSPS) is 10.7. The van der Waals surface area contributed by atoms with Crippen LogP contribution in [-0.2, 0) is 0 Å². The smallest absolute Gasteiger partial charge is 0.258 e. The number of aromatic nitrogens is 1. The van der Waals surface area contributed by atoms with Crippen molar-refractivity contribution in [1.29, 1.82) is 0 Å². The largest absolute Gasteiger partial charge is 0.495 e. The predicted octanol–water partition coefficient (Wildman–Crippen LogP) is 3.88. The summed E-state index contributed by atoms with van der Waals surface area (Å²) in [5.41, 5.74) is 2.06. The Kier molecular flexibility index (Phi) is 3.55. The molecule has 4 nitrogen and oxygen atoms in total.